The van der Waals surface area contributed by atoms with Gasteiger partial charge in [-0.15, -0.1) is 0 Å². The number of nitrogens with zero attached hydrogens (tertiary/aromatic N) is 1. The Bertz CT molecular complexity index is 471. The van der Waals surface area contributed by atoms with E-state index in [9.17, 15) is 5.11 Å². The lowest BCUT2D eigenvalue weighted by Crippen LogP contribution is -1.91. The minimum atomic E-state index is -0.0906. The number of hydrogen-bond acceptors (Lipinski definition) is 3. The summed E-state index contributed by atoms with van der Waals surface area (Å²) in [6, 6.07) is 11.3. The molecule has 0 spiro atoms. The predicted molar refractivity (Wildman–Crippen MR) is 58.7 cm³/mol. The molecule has 0 aliphatic carbocycles. The molecule has 0 aliphatic rings. The van der Waals surface area contributed by atoms with Gasteiger partial charge >= 0.3 is 0 Å². The Labute approximate surface area is 87.7 Å². The third-order valence-corrected chi connectivity index (χ3v) is 2.09. The van der Waals surface area contributed by atoms with E-state index in [0.717, 1.165) is 11.4 Å². The lowest BCUT2D eigenvalue weighted by atomic mass is 10.2. The van der Waals surface area contributed by atoms with Crippen LogP contribution in [0.25, 0.3) is 0 Å². The second-order valence-corrected chi connectivity index (χ2v) is 3.17. The summed E-state index contributed by atoms with van der Waals surface area (Å²) in [5.74, 6) is -0.0906. The zero-order valence-corrected chi connectivity index (χ0v) is 8.34. The molecular formula is C12H11NO2. The van der Waals surface area contributed by atoms with Gasteiger partial charge in [-0.2, -0.15) is 0 Å². The first-order valence-corrected chi connectivity index (χ1v) is 4.64. The van der Waals surface area contributed by atoms with E-state index in [1.807, 2.05) is 37.3 Å². The first-order valence-electron chi connectivity index (χ1n) is 4.64. The molecule has 1 aromatic carbocycles. The fourth-order valence-corrected chi connectivity index (χ4v) is 1.33. The number of benzene rings is 1. The number of rotatable bonds is 2. The Morgan fingerprint density at radius 3 is 2.53 bits per heavy atom. The fourth-order valence-electron chi connectivity index (χ4n) is 1.33. The summed E-state index contributed by atoms with van der Waals surface area (Å²) >= 11 is 0. The van der Waals surface area contributed by atoms with Gasteiger partial charge in [0.1, 0.15) is 0 Å². The van der Waals surface area contributed by atoms with Crippen molar-refractivity contribution < 1.29 is 9.52 Å². The minimum absolute atomic E-state index is 0.0906. The van der Waals surface area contributed by atoms with Crippen LogP contribution in [0, 0.1) is 0 Å². The normalized spacial score (nSPS) is 11.7. The van der Waals surface area contributed by atoms with Gasteiger partial charge < -0.3 is 9.52 Å². The van der Waals surface area contributed by atoms with Crippen molar-refractivity contribution in [3.8, 4) is 5.95 Å². The fraction of sp³-hybridized carbons (Fsp3) is 0.0833. The SMILES string of the molecule is CC(=Nc1ccccc1)c1ccoc1O. The third kappa shape index (κ3) is 2.07. The van der Waals surface area contributed by atoms with Gasteiger partial charge in [-0.1, -0.05) is 18.2 Å². The number of hydrogen-bond donors (Lipinski definition) is 1. The molecule has 3 heteroatoms. The van der Waals surface area contributed by atoms with Crippen molar-refractivity contribution in [2.24, 2.45) is 4.99 Å². The van der Waals surface area contributed by atoms with Gasteiger partial charge in [0.15, 0.2) is 0 Å². The van der Waals surface area contributed by atoms with Crippen molar-refractivity contribution in [1.82, 2.24) is 0 Å². The van der Waals surface area contributed by atoms with Gasteiger partial charge in [-0.05, 0) is 25.1 Å². The highest BCUT2D eigenvalue weighted by Crippen LogP contribution is 2.20. The Morgan fingerprint density at radius 2 is 1.93 bits per heavy atom. The zero-order valence-electron chi connectivity index (χ0n) is 8.34. The highest BCUT2D eigenvalue weighted by atomic mass is 16.5. The van der Waals surface area contributed by atoms with Crippen molar-refractivity contribution in [2.45, 2.75) is 6.92 Å². The predicted octanol–water partition coefficient (Wildman–Crippen LogP) is 3.13. The van der Waals surface area contributed by atoms with Crippen LogP contribution in [0.1, 0.15) is 12.5 Å². The summed E-state index contributed by atoms with van der Waals surface area (Å²) in [4.78, 5) is 4.36. The molecule has 0 bridgehead atoms. The number of furan rings is 1. The second-order valence-electron chi connectivity index (χ2n) is 3.17. The van der Waals surface area contributed by atoms with Crippen LogP contribution in [0.15, 0.2) is 52.1 Å². The van der Waals surface area contributed by atoms with E-state index in [4.69, 9.17) is 4.42 Å². The molecule has 0 atom stereocenters. The van der Waals surface area contributed by atoms with Crippen LogP contribution >= 0.6 is 0 Å². The van der Waals surface area contributed by atoms with Crippen molar-refractivity contribution in [1.29, 1.82) is 0 Å². The minimum Gasteiger partial charge on any atom is -0.480 e. The summed E-state index contributed by atoms with van der Waals surface area (Å²) in [6.07, 6.45) is 1.44. The van der Waals surface area contributed by atoms with Crippen molar-refractivity contribution in [3.05, 3.63) is 48.2 Å². The van der Waals surface area contributed by atoms with Crippen LogP contribution in [-0.4, -0.2) is 10.8 Å². The zero-order chi connectivity index (χ0) is 10.7. The maximum Gasteiger partial charge on any atom is 0.291 e. The monoisotopic (exact) mass is 201 g/mol. The molecule has 0 radical (unpaired) electrons. The highest BCUT2D eigenvalue weighted by Gasteiger charge is 2.06. The van der Waals surface area contributed by atoms with Crippen LogP contribution in [-0.2, 0) is 0 Å². The molecule has 2 aromatic rings. The largest absolute Gasteiger partial charge is 0.480 e. The van der Waals surface area contributed by atoms with Gasteiger partial charge in [0, 0.05) is 0 Å². The molecule has 0 fully saturated rings. The van der Waals surface area contributed by atoms with Crippen molar-refractivity contribution in [2.75, 3.05) is 0 Å². The standard InChI is InChI=1S/C12H11NO2/c1-9(11-7-8-15-12(11)14)13-10-5-3-2-4-6-10/h2-8,14H,1H3. The number of aliphatic imine (C=N–C) groups is 1. The van der Waals surface area contributed by atoms with E-state index < -0.39 is 0 Å². The van der Waals surface area contributed by atoms with Crippen molar-refractivity contribution >= 4 is 11.4 Å². The van der Waals surface area contributed by atoms with Gasteiger partial charge in [-0.25, -0.2) is 0 Å². The van der Waals surface area contributed by atoms with E-state index >= 15 is 0 Å². The molecule has 3 nitrogen and oxygen atoms in total. The summed E-state index contributed by atoms with van der Waals surface area (Å²) in [5.41, 5.74) is 2.21. The lowest BCUT2D eigenvalue weighted by Gasteiger charge is -1.97. The third-order valence-electron chi connectivity index (χ3n) is 2.09. The van der Waals surface area contributed by atoms with Gasteiger partial charge in [0.25, 0.3) is 5.95 Å². The van der Waals surface area contributed by atoms with E-state index in [1.165, 1.54) is 6.26 Å². The van der Waals surface area contributed by atoms with Crippen LogP contribution in [0.4, 0.5) is 5.69 Å². The van der Waals surface area contributed by atoms with Gasteiger partial charge in [0.05, 0.1) is 23.2 Å². The van der Waals surface area contributed by atoms with Crippen molar-refractivity contribution in [3.63, 3.8) is 0 Å². The molecular weight excluding hydrogens is 190 g/mol. The highest BCUT2D eigenvalue weighted by molar-refractivity contribution is 6.01. The summed E-state index contributed by atoms with van der Waals surface area (Å²) in [5, 5.41) is 9.35. The number of aromatic hydroxyl groups is 1. The number of para-hydroxylation sites is 1. The molecule has 1 aromatic heterocycles. The smallest absolute Gasteiger partial charge is 0.291 e. The molecule has 0 amide bonds. The average Bonchev–Trinajstić information content (AvgIpc) is 2.66. The Kier molecular flexibility index (Phi) is 2.54. The molecule has 0 unspecified atom stereocenters. The Hall–Kier alpha value is -2.03. The molecule has 2 rings (SSSR count). The van der Waals surface area contributed by atoms with Crippen LogP contribution < -0.4 is 0 Å². The van der Waals surface area contributed by atoms with Crippen LogP contribution in [0.3, 0.4) is 0 Å². The maximum atomic E-state index is 9.35. The molecule has 0 aliphatic heterocycles. The van der Waals surface area contributed by atoms with E-state index in [0.29, 0.717) is 5.56 Å². The summed E-state index contributed by atoms with van der Waals surface area (Å²) in [6.45, 7) is 1.83. The Morgan fingerprint density at radius 1 is 1.20 bits per heavy atom. The summed E-state index contributed by atoms with van der Waals surface area (Å²) < 4.78 is 4.80. The van der Waals surface area contributed by atoms with E-state index in [1.54, 1.807) is 6.07 Å². The summed E-state index contributed by atoms with van der Waals surface area (Å²) in [7, 11) is 0. The first-order chi connectivity index (χ1) is 7.27. The molecule has 0 saturated carbocycles. The average molecular weight is 201 g/mol. The molecule has 1 heterocycles. The maximum absolute atomic E-state index is 9.35. The quantitative estimate of drug-likeness (QED) is 0.758. The topological polar surface area (TPSA) is 45.7 Å². The Balaban J connectivity index is 2.33. The molecule has 76 valence electrons. The van der Waals surface area contributed by atoms with Crippen LogP contribution in [0.5, 0.6) is 5.95 Å². The molecule has 15 heavy (non-hydrogen) atoms. The second kappa shape index (κ2) is 4.00. The van der Waals surface area contributed by atoms with Gasteiger partial charge in [0.2, 0.25) is 0 Å². The first kappa shape index (κ1) is 9.52. The van der Waals surface area contributed by atoms with E-state index in [2.05, 4.69) is 4.99 Å². The molecule has 1 N–H and O–H groups in total. The van der Waals surface area contributed by atoms with Gasteiger partial charge in [-0.3, -0.25) is 4.99 Å². The molecule has 0 saturated heterocycles. The van der Waals surface area contributed by atoms with E-state index in [-0.39, 0.29) is 5.95 Å². The lowest BCUT2D eigenvalue weighted by molar-refractivity contribution is 0.332. The van der Waals surface area contributed by atoms with Crippen LogP contribution in [0.2, 0.25) is 0 Å².